The van der Waals surface area contributed by atoms with E-state index in [0.717, 1.165) is 16.0 Å². The summed E-state index contributed by atoms with van der Waals surface area (Å²) >= 11 is 5.24. The molecule has 0 saturated heterocycles. The highest BCUT2D eigenvalue weighted by Crippen LogP contribution is 2.26. The zero-order valence-corrected chi connectivity index (χ0v) is 9.12. The van der Waals surface area contributed by atoms with Crippen molar-refractivity contribution in [2.75, 3.05) is 7.11 Å². The Balaban J connectivity index is 2.42. The first kappa shape index (κ1) is 9.93. The van der Waals surface area contributed by atoms with Crippen molar-refractivity contribution in [3.8, 4) is 17.0 Å². The highest BCUT2D eigenvalue weighted by atomic mass is 32.1. The van der Waals surface area contributed by atoms with Crippen LogP contribution in [0.25, 0.3) is 11.1 Å². The second-order valence-electron chi connectivity index (χ2n) is 3.09. The summed E-state index contributed by atoms with van der Waals surface area (Å²) in [5, 5.41) is 0. The third kappa shape index (κ3) is 2.07. The first-order valence-corrected chi connectivity index (χ1v) is 4.98. The van der Waals surface area contributed by atoms with Gasteiger partial charge in [0.15, 0.2) is 0 Å². The number of hydrogen-bond acceptors (Lipinski definition) is 2. The van der Waals surface area contributed by atoms with Crippen LogP contribution in [0, 0.1) is 0 Å². The topological polar surface area (TPSA) is 22.1 Å². The molecule has 1 radical (unpaired) electrons. The number of nitrogens with zero attached hydrogens (tertiary/aromatic N) is 1. The van der Waals surface area contributed by atoms with Gasteiger partial charge in [-0.15, -0.1) is 0 Å². The lowest BCUT2D eigenvalue weighted by Gasteiger charge is -2.04. The minimum Gasteiger partial charge on any atom is -0.481 e. The van der Waals surface area contributed by atoms with Gasteiger partial charge in [-0.3, -0.25) is 0 Å². The third-order valence-electron chi connectivity index (χ3n) is 2.14. The van der Waals surface area contributed by atoms with Crippen LogP contribution in [0.5, 0.6) is 5.88 Å². The Bertz CT molecular complexity index is 453. The predicted octanol–water partition coefficient (Wildman–Crippen LogP) is 3.31. The van der Waals surface area contributed by atoms with Crippen LogP contribution < -0.4 is 4.74 Å². The molecule has 0 amide bonds. The van der Waals surface area contributed by atoms with E-state index in [0.29, 0.717) is 5.88 Å². The van der Waals surface area contributed by atoms with Crippen molar-refractivity contribution < 1.29 is 4.74 Å². The minimum absolute atomic E-state index is 0.612. The van der Waals surface area contributed by atoms with Gasteiger partial charge in [-0.2, -0.15) is 0 Å². The molecule has 0 bridgehead atoms. The molecule has 2 aromatic rings. The zero-order chi connectivity index (χ0) is 10.7. The van der Waals surface area contributed by atoms with Gasteiger partial charge < -0.3 is 4.74 Å². The van der Waals surface area contributed by atoms with Crippen LogP contribution in [0.15, 0.2) is 47.5 Å². The molecule has 0 atom stereocenters. The van der Waals surface area contributed by atoms with Crippen molar-refractivity contribution in [3.63, 3.8) is 0 Å². The number of pyridine rings is 1. The summed E-state index contributed by atoms with van der Waals surface area (Å²) in [4.78, 5) is 4.98. The summed E-state index contributed by atoms with van der Waals surface area (Å²) in [5.74, 6) is 0.612. The Kier molecular flexibility index (Phi) is 2.83. The molecule has 0 unspecified atom stereocenters. The number of ether oxygens (including phenoxy) is 1. The van der Waals surface area contributed by atoms with Crippen molar-refractivity contribution >= 4 is 12.6 Å². The van der Waals surface area contributed by atoms with E-state index in [1.54, 1.807) is 13.3 Å². The molecule has 1 aromatic carbocycles. The van der Waals surface area contributed by atoms with Gasteiger partial charge in [-0.05, 0) is 12.1 Å². The second-order valence-corrected chi connectivity index (χ2v) is 3.53. The SMILES string of the molecule is COc1ccc(-c2ccccc2[S])cn1. The Morgan fingerprint density at radius 3 is 2.53 bits per heavy atom. The van der Waals surface area contributed by atoms with E-state index in [-0.39, 0.29) is 0 Å². The molecule has 1 heterocycles. The molecule has 0 fully saturated rings. The van der Waals surface area contributed by atoms with E-state index in [4.69, 9.17) is 17.4 Å². The van der Waals surface area contributed by atoms with Crippen molar-refractivity contribution in [2.24, 2.45) is 0 Å². The average Bonchev–Trinajstić information content (AvgIpc) is 2.30. The second kappa shape index (κ2) is 4.28. The quantitative estimate of drug-likeness (QED) is 0.768. The lowest BCUT2D eigenvalue weighted by molar-refractivity contribution is 0.398. The van der Waals surface area contributed by atoms with E-state index in [1.807, 2.05) is 36.4 Å². The standard InChI is InChI=1S/C12H10NOS/c1-14-12-7-6-9(8-13-12)10-4-2-3-5-11(10)15/h2-8H,1H3. The van der Waals surface area contributed by atoms with Gasteiger partial charge in [0.1, 0.15) is 0 Å². The summed E-state index contributed by atoms with van der Waals surface area (Å²) in [7, 11) is 1.60. The molecule has 15 heavy (non-hydrogen) atoms. The van der Waals surface area contributed by atoms with Crippen molar-refractivity contribution in [3.05, 3.63) is 42.6 Å². The van der Waals surface area contributed by atoms with E-state index in [9.17, 15) is 0 Å². The van der Waals surface area contributed by atoms with E-state index in [2.05, 4.69) is 4.98 Å². The number of benzene rings is 1. The molecular formula is C12H10NOS. The fraction of sp³-hybridized carbons (Fsp3) is 0.0833. The van der Waals surface area contributed by atoms with Crippen LogP contribution in [-0.2, 0) is 0 Å². The maximum atomic E-state index is 5.24. The van der Waals surface area contributed by atoms with Gasteiger partial charge >= 0.3 is 0 Å². The Hall–Kier alpha value is -1.61. The zero-order valence-electron chi connectivity index (χ0n) is 8.31. The Morgan fingerprint density at radius 2 is 1.93 bits per heavy atom. The van der Waals surface area contributed by atoms with Crippen LogP contribution in [0.4, 0.5) is 0 Å². The van der Waals surface area contributed by atoms with Gasteiger partial charge in [0, 0.05) is 28.3 Å². The lowest BCUT2D eigenvalue weighted by Crippen LogP contribution is -1.87. The first-order valence-electron chi connectivity index (χ1n) is 4.58. The largest absolute Gasteiger partial charge is 0.481 e. The van der Waals surface area contributed by atoms with Crippen molar-refractivity contribution in [2.45, 2.75) is 4.90 Å². The van der Waals surface area contributed by atoms with E-state index < -0.39 is 0 Å². The van der Waals surface area contributed by atoms with Crippen LogP contribution in [0.3, 0.4) is 0 Å². The highest BCUT2D eigenvalue weighted by molar-refractivity contribution is 7.80. The molecule has 75 valence electrons. The molecule has 3 heteroatoms. The maximum Gasteiger partial charge on any atom is 0.212 e. The Morgan fingerprint density at radius 1 is 1.13 bits per heavy atom. The average molecular weight is 216 g/mol. The monoisotopic (exact) mass is 216 g/mol. The van der Waals surface area contributed by atoms with E-state index >= 15 is 0 Å². The summed E-state index contributed by atoms with van der Waals surface area (Å²) in [6.45, 7) is 0. The number of aromatic nitrogens is 1. The Labute approximate surface area is 94.3 Å². The summed E-state index contributed by atoms with van der Waals surface area (Å²) < 4.78 is 5.00. The summed E-state index contributed by atoms with van der Waals surface area (Å²) in [6.07, 6.45) is 1.77. The minimum atomic E-state index is 0.612. The molecule has 0 saturated carbocycles. The molecular weight excluding hydrogens is 206 g/mol. The molecule has 1 aromatic heterocycles. The first-order chi connectivity index (χ1) is 7.31. The van der Waals surface area contributed by atoms with Crippen LogP contribution in [0.1, 0.15) is 0 Å². The van der Waals surface area contributed by atoms with Gasteiger partial charge in [0.25, 0.3) is 0 Å². The summed E-state index contributed by atoms with van der Waals surface area (Å²) in [5.41, 5.74) is 2.05. The van der Waals surface area contributed by atoms with Crippen molar-refractivity contribution in [1.82, 2.24) is 4.98 Å². The fourth-order valence-electron chi connectivity index (χ4n) is 1.37. The van der Waals surface area contributed by atoms with Gasteiger partial charge in [-0.1, -0.05) is 30.8 Å². The molecule has 0 aliphatic rings. The molecule has 0 N–H and O–H groups in total. The van der Waals surface area contributed by atoms with Gasteiger partial charge in [-0.25, -0.2) is 4.98 Å². The molecule has 0 spiro atoms. The van der Waals surface area contributed by atoms with E-state index in [1.165, 1.54) is 0 Å². The molecule has 0 aliphatic carbocycles. The highest BCUT2D eigenvalue weighted by Gasteiger charge is 2.02. The van der Waals surface area contributed by atoms with Gasteiger partial charge in [0.2, 0.25) is 5.88 Å². The number of hydrogen-bond donors (Lipinski definition) is 0. The molecule has 2 nitrogen and oxygen atoms in total. The summed E-state index contributed by atoms with van der Waals surface area (Å²) in [6, 6.07) is 11.6. The number of rotatable bonds is 2. The molecule has 0 aliphatic heterocycles. The normalized spacial score (nSPS) is 9.93. The smallest absolute Gasteiger partial charge is 0.212 e. The predicted molar refractivity (Wildman–Crippen MR) is 62.1 cm³/mol. The van der Waals surface area contributed by atoms with Crippen LogP contribution >= 0.6 is 12.6 Å². The van der Waals surface area contributed by atoms with Gasteiger partial charge in [0.05, 0.1) is 7.11 Å². The van der Waals surface area contributed by atoms with Crippen molar-refractivity contribution in [1.29, 1.82) is 0 Å². The van der Waals surface area contributed by atoms with Crippen LogP contribution in [-0.4, -0.2) is 12.1 Å². The fourth-order valence-corrected chi connectivity index (χ4v) is 1.63. The number of methoxy groups -OCH3 is 1. The maximum absolute atomic E-state index is 5.24. The van der Waals surface area contributed by atoms with Crippen LogP contribution in [0.2, 0.25) is 0 Å². The third-order valence-corrected chi connectivity index (χ3v) is 2.50. The lowest BCUT2D eigenvalue weighted by atomic mass is 10.1. The molecule has 2 rings (SSSR count).